The lowest BCUT2D eigenvalue weighted by atomic mass is 10.0. The number of anilines is 1. The number of imide groups is 2. The predicted molar refractivity (Wildman–Crippen MR) is 124 cm³/mol. The van der Waals surface area contributed by atoms with Crippen LogP contribution >= 0.6 is 0 Å². The summed E-state index contributed by atoms with van der Waals surface area (Å²) in [7, 11) is 0. The fourth-order valence-corrected chi connectivity index (χ4v) is 4.64. The summed E-state index contributed by atoms with van der Waals surface area (Å²) in [5.74, 6) is -2.66. The van der Waals surface area contributed by atoms with Crippen molar-refractivity contribution in [2.75, 3.05) is 32.0 Å². The summed E-state index contributed by atoms with van der Waals surface area (Å²) in [6.45, 7) is 8.86. The lowest BCUT2D eigenvalue weighted by molar-refractivity contribution is -0.158. The zero-order valence-electron chi connectivity index (χ0n) is 20.1. The second-order valence-electron chi connectivity index (χ2n) is 8.80. The number of amides is 4. The van der Waals surface area contributed by atoms with Gasteiger partial charge >= 0.3 is 5.97 Å². The first-order valence-corrected chi connectivity index (χ1v) is 11.6. The third-order valence-corrected chi connectivity index (χ3v) is 6.38. The number of nitrogens with two attached hydrogens (primary N) is 1. The van der Waals surface area contributed by atoms with Crippen molar-refractivity contribution >= 4 is 35.3 Å². The van der Waals surface area contributed by atoms with Gasteiger partial charge in [-0.15, -0.1) is 0 Å². The second kappa shape index (κ2) is 10.3. The Morgan fingerprint density at radius 1 is 1.12 bits per heavy atom. The number of ether oxygens (including phenoxy) is 1. The van der Waals surface area contributed by atoms with Crippen LogP contribution < -0.4 is 5.73 Å². The van der Waals surface area contributed by atoms with E-state index in [2.05, 4.69) is 0 Å². The number of benzene rings is 1. The van der Waals surface area contributed by atoms with E-state index in [1.165, 1.54) is 18.2 Å². The molecular formula is C24H32N4O6. The van der Waals surface area contributed by atoms with E-state index in [0.29, 0.717) is 18.8 Å². The second-order valence-corrected chi connectivity index (χ2v) is 8.80. The monoisotopic (exact) mass is 472 g/mol. The number of likely N-dealkylation sites (tertiary alicyclic amines) is 1. The van der Waals surface area contributed by atoms with Crippen molar-refractivity contribution in [1.29, 1.82) is 0 Å². The lowest BCUT2D eigenvalue weighted by Crippen LogP contribution is -2.56. The summed E-state index contributed by atoms with van der Waals surface area (Å²) in [4.78, 5) is 67.9. The maximum Gasteiger partial charge on any atom is 0.323 e. The normalized spacial score (nSPS) is 19.3. The van der Waals surface area contributed by atoms with Crippen molar-refractivity contribution in [3.05, 3.63) is 29.3 Å². The average Bonchev–Trinajstić information content (AvgIpc) is 3.03. The molecule has 2 heterocycles. The number of nitrogens with zero attached hydrogens (tertiary/aromatic N) is 3. The van der Waals surface area contributed by atoms with Crippen LogP contribution in [0, 0.1) is 5.92 Å². The Labute approximate surface area is 199 Å². The van der Waals surface area contributed by atoms with E-state index < -0.39 is 41.7 Å². The van der Waals surface area contributed by atoms with E-state index in [-0.39, 0.29) is 43.0 Å². The molecule has 1 unspecified atom stereocenters. The Bertz CT molecular complexity index is 1000. The average molecular weight is 473 g/mol. The van der Waals surface area contributed by atoms with Gasteiger partial charge in [0.25, 0.3) is 17.7 Å². The van der Waals surface area contributed by atoms with E-state index in [9.17, 15) is 24.0 Å². The van der Waals surface area contributed by atoms with Crippen LogP contribution in [0.3, 0.4) is 0 Å². The van der Waals surface area contributed by atoms with Gasteiger partial charge in [0.05, 0.1) is 17.7 Å². The maximum absolute atomic E-state index is 13.1. The van der Waals surface area contributed by atoms with Gasteiger partial charge in [-0.2, -0.15) is 0 Å². The van der Waals surface area contributed by atoms with Crippen molar-refractivity contribution in [3.63, 3.8) is 0 Å². The molecule has 1 saturated heterocycles. The standard InChI is InChI=1S/C24H32N4O6/c1-5-26(6-2)20(14(3)4)24(33)34-12-11-27-19(29)10-9-18(23(27)32)28-21(30)16-8-7-15(25)13-17(16)22(28)31/h7-8,13-14,18,20H,5-6,9-12,25H2,1-4H3/t18?,20-/m0/s1. The highest BCUT2D eigenvalue weighted by molar-refractivity contribution is 6.23. The van der Waals surface area contributed by atoms with Gasteiger partial charge < -0.3 is 10.5 Å². The highest BCUT2D eigenvalue weighted by Gasteiger charge is 2.47. The van der Waals surface area contributed by atoms with Gasteiger partial charge in [-0.1, -0.05) is 27.7 Å². The molecule has 2 N–H and O–H groups in total. The number of hydrogen-bond donors (Lipinski definition) is 1. The summed E-state index contributed by atoms with van der Waals surface area (Å²) < 4.78 is 5.43. The van der Waals surface area contributed by atoms with Crippen LogP contribution in [0.4, 0.5) is 5.69 Å². The number of hydrogen-bond acceptors (Lipinski definition) is 8. The first-order valence-electron chi connectivity index (χ1n) is 11.6. The number of esters is 1. The molecule has 1 aromatic carbocycles. The molecule has 3 rings (SSSR count). The van der Waals surface area contributed by atoms with Crippen LogP contribution in [0.2, 0.25) is 0 Å². The molecule has 10 nitrogen and oxygen atoms in total. The van der Waals surface area contributed by atoms with Gasteiger partial charge in [-0.25, -0.2) is 0 Å². The molecule has 0 aliphatic carbocycles. The smallest absolute Gasteiger partial charge is 0.323 e. The molecule has 0 radical (unpaired) electrons. The summed E-state index contributed by atoms with van der Waals surface area (Å²) in [6.07, 6.45) is 0.0419. The van der Waals surface area contributed by atoms with Gasteiger partial charge in [0.1, 0.15) is 18.7 Å². The molecular weight excluding hydrogens is 440 g/mol. The number of carbonyl (C=O) groups excluding carboxylic acids is 5. The first kappa shape index (κ1) is 25.4. The Balaban J connectivity index is 1.68. The Morgan fingerprint density at radius 2 is 1.76 bits per heavy atom. The number of carbonyl (C=O) groups is 5. The number of piperidine rings is 1. The molecule has 184 valence electrons. The number of rotatable bonds is 9. The summed E-state index contributed by atoms with van der Waals surface area (Å²) in [5, 5.41) is 0. The molecule has 1 fully saturated rings. The van der Waals surface area contributed by atoms with E-state index in [1.807, 2.05) is 32.6 Å². The summed E-state index contributed by atoms with van der Waals surface area (Å²) >= 11 is 0. The highest BCUT2D eigenvalue weighted by atomic mass is 16.5. The molecule has 0 bridgehead atoms. The number of fused-ring (bicyclic) bond motifs is 1. The van der Waals surface area contributed by atoms with E-state index in [4.69, 9.17) is 10.5 Å². The summed E-state index contributed by atoms with van der Waals surface area (Å²) in [5.41, 5.74) is 6.40. The fraction of sp³-hybridized carbons (Fsp3) is 0.542. The van der Waals surface area contributed by atoms with Crippen LogP contribution in [0.15, 0.2) is 18.2 Å². The van der Waals surface area contributed by atoms with Crippen molar-refractivity contribution in [1.82, 2.24) is 14.7 Å². The maximum atomic E-state index is 13.1. The zero-order valence-corrected chi connectivity index (χ0v) is 20.1. The molecule has 4 amide bonds. The van der Waals surface area contributed by atoms with Crippen molar-refractivity contribution < 1.29 is 28.7 Å². The Morgan fingerprint density at radius 3 is 2.38 bits per heavy atom. The van der Waals surface area contributed by atoms with Gasteiger partial charge in [0.2, 0.25) is 5.91 Å². The molecule has 0 aromatic heterocycles. The van der Waals surface area contributed by atoms with E-state index in [0.717, 1.165) is 9.80 Å². The van der Waals surface area contributed by atoms with E-state index >= 15 is 0 Å². The van der Waals surface area contributed by atoms with Crippen molar-refractivity contribution in [3.8, 4) is 0 Å². The van der Waals surface area contributed by atoms with Crippen LogP contribution in [0.1, 0.15) is 61.3 Å². The van der Waals surface area contributed by atoms with Gasteiger partial charge in [-0.3, -0.25) is 38.7 Å². The van der Waals surface area contributed by atoms with Crippen LogP contribution in [0.25, 0.3) is 0 Å². The minimum absolute atomic E-state index is 0.00599. The molecule has 2 atom stereocenters. The SMILES string of the molecule is CCN(CC)[C@H](C(=O)OCCN1C(=O)CCC(N2C(=O)c3ccc(N)cc3C2=O)C1=O)C(C)C. The molecule has 0 saturated carbocycles. The molecule has 0 spiro atoms. The van der Waals surface area contributed by atoms with E-state index in [1.54, 1.807) is 0 Å². The lowest BCUT2D eigenvalue weighted by Gasteiger charge is -2.34. The van der Waals surface area contributed by atoms with Crippen LogP contribution in [-0.4, -0.2) is 82.6 Å². The third kappa shape index (κ3) is 4.68. The first-order chi connectivity index (χ1) is 16.1. The van der Waals surface area contributed by atoms with Crippen molar-refractivity contribution in [2.45, 2.75) is 52.6 Å². The van der Waals surface area contributed by atoms with Gasteiger partial charge in [0, 0.05) is 12.1 Å². The van der Waals surface area contributed by atoms with Gasteiger partial charge in [0.15, 0.2) is 0 Å². The highest BCUT2D eigenvalue weighted by Crippen LogP contribution is 2.30. The largest absolute Gasteiger partial charge is 0.463 e. The fourth-order valence-electron chi connectivity index (χ4n) is 4.64. The predicted octanol–water partition coefficient (Wildman–Crippen LogP) is 1.29. The quantitative estimate of drug-likeness (QED) is 0.323. The molecule has 2 aliphatic rings. The van der Waals surface area contributed by atoms with Gasteiger partial charge in [-0.05, 0) is 43.6 Å². The molecule has 34 heavy (non-hydrogen) atoms. The summed E-state index contributed by atoms with van der Waals surface area (Å²) in [6, 6.07) is 2.86. The molecule has 10 heteroatoms. The third-order valence-electron chi connectivity index (χ3n) is 6.38. The Kier molecular flexibility index (Phi) is 7.71. The van der Waals surface area contributed by atoms with Crippen LogP contribution in [0.5, 0.6) is 0 Å². The number of nitrogen functional groups attached to an aromatic ring is 1. The van der Waals surface area contributed by atoms with Crippen molar-refractivity contribution in [2.24, 2.45) is 5.92 Å². The molecule has 2 aliphatic heterocycles. The topological polar surface area (TPSA) is 130 Å². The molecule has 1 aromatic rings. The zero-order chi connectivity index (χ0) is 25.2. The number of likely N-dealkylation sites (N-methyl/N-ethyl adjacent to an activating group) is 1. The minimum atomic E-state index is -1.10. The minimum Gasteiger partial charge on any atom is -0.463 e. The van der Waals surface area contributed by atoms with Crippen LogP contribution in [-0.2, 0) is 19.1 Å². The Hall–Kier alpha value is -3.27.